The van der Waals surface area contributed by atoms with Crippen molar-refractivity contribution in [3.8, 4) is 0 Å². The maximum absolute atomic E-state index is 12.0. The lowest BCUT2D eigenvalue weighted by molar-refractivity contribution is -0.385. The van der Waals surface area contributed by atoms with Crippen molar-refractivity contribution in [1.82, 2.24) is 14.7 Å². The van der Waals surface area contributed by atoms with Gasteiger partial charge in [-0.05, 0) is 20.3 Å². The molecule has 1 amide bonds. The van der Waals surface area contributed by atoms with Crippen LogP contribution in [0.4, 0.5) is 5.69 Å². The average Bonchev–Trinajstić information content (AvgIpc) is 2.82. The van der Waals surface area contributed by atoms with E-state index in [0.717, 1.165) is 0 Å². The molecular weight excluding hydrogens is 224 g/mol. The summed E-state index contributed by atoms with van der Waals surface area (Å²) in [6.07, 6.45) is 3.13. The highest BCUT2D eigenvalue weighted by atomic mass is 16.6. The normalized spacial score (nSPS) is 20.3. The lowest BCUT2D eigenvalue weighted by Crippen LogP contribution is -2.34. The number of hydrogen-bond donors (Lipinski definition) is 0. The van der Waals surface area contributed by atoms with Gasteiger partial charge in [0.05, 0.1) is 4.92 Å². The topological polar surface area (TPSA) is 81.3 Å². The molecule has 92 valence electrons. The smallest absolute Gasteiger partial charge is 0.307 e. The molecule has 0 spiro atoms. The quantitative estimate of drug-likeness (QED) is 0.580. The predicted octanol–water partition coefficient (Wildman–Crippen LogP) is 0.973. The third-order valence-electron chi connectivity index (χ3n) is 2.95. The average molecular weight is 238 g/mol. The number of amides is 1. The summed E-state index contributed by atoms with van der Waals surface area (Å²) in [5, 5.41) is 14.4. The van der Waals surface area contributed by atoms with Crippen LogP contribution in [0.3, 0.4) is 0 Å². The van der Waals surface area contributed by atoms with Crippen LogP contribution in [0.5, 0.6) is 0 Å². The molecule has 0 saturated carbocycles. The van der Waals surface area contributed by atoms with E-state index < -0.39 is 11.0 Å². The maximum atomic E-state index is 12.0. The Balaban J connectivity index is 2.18. The van der Waals surface area contributed by atoms with Crippen molar-refractivity contribution >= 4 is 11.6 Å². The molecule has 0 unspecified atom stereocenters. The highest BCUT2D eigenvalue weighted by molar-refractivity contribution is 5.82. The number of rotatable bonds is 3. The van der Waals surface area contributed by atoms with Crippen LogP contribution in [0.2, 0.25) is 0 Å². The lowest BCUT2D eigenvalue weighted by Gasteiger charge is -2.20. The molecule has 0 aromatic carbocycles. The molecule has 0 N–H and O–H groups in total. The summed E-state index contributed by atoms with van der Waals surface area (Å²) in [7, 11) is 0. The molecule has 1 saturated heterocycles. The molecule has 2 rings (SSSR count). The standard InChI is InChI=1S/C10H14N4O3/c1-7(2)12-4-3-9(10(12)15)13-6-8(5-11-13)14(16)17/h5-7,9H,3-4H2,1-2H3/t9-/m0/s1. The largest absolute Gasteiger partial charge is 0.338 e. The van der Waals surface area contributed by atoms with Crippen molar-refractivity contribution in [3.05, 3.63) is 22.5 Å². The second-order valence-electron chi connectivity index (χ2n) is 4.37. The molecule has 0 radical (unpaired) electrons. The van der Waals surface area contributed by atoms with E-state index in [2.05, 4.69) is 5.10 Å². The van der Waals surface area contributed by atoms with Gasteiger partial charge in [0, 0.05) is 12.6 Å². The molecule has 7 heteroatoms. The molecule has 1 aromatic heterocycles. The molecule has 1 aliphatic rings. The van der Waals surface area contributed by atoms with Crippen LogP contribution in [-0.4, -0.2) is 38.1 Å². The molecule has 2 heterocycles. The minimum atomic E-state index is -0.511. The van der Waals surface area contributed by atoms with Crippen molar-refractivity contribution in [2.24, 2.45) is 0 Å². The Morgan fingerprint density at radius 1 is 1.59 bits per heavy atom. The first-order valence-electron chi connectivity index (χ1n) is 5.49. The zero-order chi connectivity index (χ0) is 12.6. The summed E-state index contributed by atoms with van der Waals surface area (Å²) < 4.78 is 1.39. The van der Waals surface area contributed by atoms with Crippen LogP contribution in [-0.2, 0) is 4.79 Å². The van der Waals surface area contributed by atoms with Crippen molar-refractivity contribution in [2.75, 3.05) is 6.54 Å². The molecule has 1 atom stereocenters. The van der Waals surface area contributed by atoms with Crippen molar-refractivity contribution in [3.63, 3.8) is 0 Å². The Kier molecular flexibility index (Phi) is 2.83. The van der Waals surface area contributed by atoms with E-state index in [0.29, 0.717) is 13.0 Å². The summed E-state index contributed by atoms with van der Waals surface area (Å²) in [5.41, 5.74) is -0.0826. The van der Waals surface area contributed by atoms with Gasteiger partial charge in [-0.1, -0.05) is 0 Å². The fraction of sp³-hybridized carbons (Fsp3) is 0.600. The number of hydrogen-bond acceptors (Lipinski definition) is 4. The molecule has 7 nitrogen and oxygen atoms in total. The summed E-state index contributed by atoms with van der Waals surface area (Å²) in [6, 6.07) is -0.246. The number of carbonyl (C=O) groups excluding carboxylic acids is 1. The van der Waals surface area contributed by atoms with Crippen molar-refractivity contribution < 1.29 is 9.72 Å². The molecule has 0 aliphatic carbocycles. The van der Waals surface area contributed by atoms with E-state index in [1.165, 1.54) is 17.1 Å². The first-order chi connectivity index (χ1) is 8.00. The van der Waals surface area contributed by atoms with Gasteiger partial charge in [-0.3, -0.25) is 19.6 Å². The highest BCUT2D eigenvalue weighted by Gasteiger charge is 2.35. The van der Waals surface area contributed by atoms with Crippen LogP contribution >= 0.6 is 0 Å². The van der Waals surface area contributed by atoms with E-state index in [1.807, 2.05) is 13.8 Å². The Bertz CT molecular complexity index is 454. The number of nitrogens with zero attached hydrogens (tertiary/aromatic N) is 4. The Hall–Kier alpha value is -1.92. The molecular formula is C10H14N4O3. The second kappa shape index (κ2) is 4.15. The van der Waals surface area contributed by atoms with Crippen LogP contribution in [0.25, 0.3) is 0 Å². The van der Waals surface area contributed by atoms with Crippen LogP contribution < -0.4 is 0 Å². The van der Waals surface area contributed by atoms with Gasteiger partial charge in [0.15, 0.2) is 0 Å². The molecule has 0 bridgehead atoms. The molecule has 1 aromatic rings. The van der Waals surface area contributed by atoms with E-state index in [-0.39, 0.29) is 17.6 Å². The summed E-state index contributed by atoms with van der Waals surface area (Å²) in [4.78, 5) is 23.8. The predicted molar refractivity (Wildman–Crippen MR) is 59.4 cm³/mol. The Labute approximate surface area is 98.2 Å². The minimum absolute atomic E-state index is 0.0157. The van der Waals surface area contributed by atoms with Crippen LogP contribution in [0, 0.1) is 10.1 Å². The van der Waals surface area contributed by atoms with E-state index in [9.17, 15) is 14.9 Å². The molecule has 1 fully saturated rings. The van der Waals surface area contributed by atoms with Crippen molar-refractivity contribution in [1.29, 1.82) is 0 Å². The van der Waals surface area contributed by atoms with Gasteiger partial charge in [-0.2, -0.15) is 5.10 Å². The highest BCUT2D eigenvalue weighted by Crippen LogP contribution is 2.25. The third-order valence-corrected chi connectivity index (χ3v) is 2.95. The van der Waals surface area contributed by atoms with Crippen molar-refractivity contribution in [2.45, 2.75) is 32.4 Å². The molecule has 1 aliphatic heterocycles. The van der Waals surface area contributed by atoms with E-state index in [1.54, 1.807) is 4.90 Å². The number of aromatic nitrogens is 2. The van der Waals surface area contributed by atoms with Gasteiger partial charge in [0.25, 0.3) is 0 Å². The fourth-order valence-corrected chi connectivity index (χ4v) is 2.04. The fourth-order valence-electron chi connectivity index (χ4n) is 2.04. The summed E-state index contributed by atoms with van der Waals surface area (Å²) in [6.45, 7) is 4.58. The van der Waals surface area contributed by atoms with Crippen LogP contribution in [0.1, 0.15) is 26.3 Å². The number of nitro groups is 1. The van der Waals surface area contributed by atoms with Gasteiger partial charge < -0.3 is 4.90 Å². The maximum Gasteiger partial charge on any atom is 0.307 e. The van der Waals surface area contributed by atoms with Gasteiger partial charge in [-0.15, -0.1) is 0 Å². The number of likely N-dealkylation sites (tertiary alicyclic amines) is 1. The van der Waals surface area contributed by atoms with E-state index >= 15 is 0 Å². The Morgan fingerprint density at radius 2 is 2.29 bits per heavy atom. The SMILES string of the molecule is CC(C)N1CC[C@H](n2cc([N+](=O)[O-])cn2)C1=O. The lowest BCUT2D eigenvalue weighted by atomic mass is 10.2. The van der Waals surface area contributed by atoms with Gasteiger partial charge in [0.1, 0.15) is 18.4 Å². The third kappa shape index (κ3) is 2.00. The first kappa shape index (κ1) is 11.6. The van der Waals surface area contributed by atoms with Crippen LogP contribution in [0.15, 0.2) is 12.4 Å². The molecule has 17 heavy (non-hydrogen) atoms. The van der Waals surface area contributed by atoms with Gasteiger partial charge in [0.2, 0.25) is 5.91 Å². The number of carbonyl (C=O) groups is 1. The second-order valence-corrected chi connectivity index (χ2v) is 4.37. The Morgan fingerprint density at radius 3 is 2.76 bits per heavy atom. The van der Waals surface area contributed by atoms with Gasteiger partial charge in [-0.25, -0.2) is 0 Å². The van der Waals surface area contributed by atoms with E-state index in [4.69, 9.17) is 0 Å². The van der Waals surface area contributed by atoms with Gasteiger partial charge >= 0.3 is 5.69 Å². The summed E-state index contributed by atoms with van der Waals surface area (Å²) >= 11 is 0. The summed E-state index contributed by atoms with van der Waals surface area (Å²) in [5.74, 6) is -0.0157. The minimum Gasteiger partial charge on any atom is -0.338 e. The zero-order valence-electron chi connectivity index (χ0n) is 9.74. The zero-order valence-corrected chi connectivity index (χ0v) is 9.74. The monoisotopic (exact) mass is 238 g/mol. The first-order valence-corrected chi connectivity index (χ1v) is 5.49.